The number of carbonyl (C=O) groups excluding carboxylic acids is 1. The molecule has 0 saturated carbocycles. The highest BCUT2D eigenvalue weighted by molar-refractivity contribution is 6.34. The summed E-state index contributed by atoms with van der Waals surface area (Å²) in [5.74, 6) is -0.444. The van der Waals surface area contributed by atoms with Gasteiger partial charge < -0.3 is 15.2 Å². The SMILES string of the molecule is O=C(NCCCN1CCOCC1)C(O)c1cc(Cl)cc(Cl)c1. The van der Waals surface area contributed by atoms with Crippen molar-refractivity contribution in [1.82, 2.24) is 10.2 Å². The van der Waals surface area contributed by atoms with E-state index in [1.54, 1.807) is 6.07 Å². The predicted octanol–water partition coefficient (Wildman–Crippen LogP) is 1.87. The first-order chi connectivity index (χ1) is 10.6. The summed E-state index contributed by atoms with van der Waals surface area (Å²) in [4.78, 5) is 14.2. The minimum Gasteiger partial charge on any atom is -0.379 e. The number of aliphatic hydroxyl groups excluding tert-OH is 1. The number of morpholine rings is 1. The molecule has 1 heterocycles. The first-order valence-corrected chi connectivity index (χ1v) is 8.04. The Labute approximate surface area is 140 Å². The lowest BCUT2D eigenvalue weighted by Gasteiger charge is -2.26. The van der Waals surface area contributed by atoms with Crippen molar-refractivity contribution in [3.8, 4) is 0 Å². The molecule has 2 N–H and O–H groups in total. The maximum atomic E-state index is 11.9. The van der Waals surface area contributed by atoms with E-state index in [1.807, 2.05) is 0 Å². The number of halogens is 2. The number of nitrogens with zero attached hydrogens (tertiary/aromatic N) is 1. The molecular weight excluding hydrogens is 327 g/mol. The van der Waals surface area contributed by atoms with Crippen LogP contribution in [0.25, 0.3) is 0 Å². The lowest BCUT2D eigenvalue weighted by atomic mass is 10.1. The number of carbonyl (C=O) groups is 1. The first kappa shape index (κ1) is 17.5. The highest BCUT2D eigenvalue weighted by atomic mass is 35.5. The third-order valence-corrected chi connectivity index (χ3v) is 3.94. The van der Waals surface area contributed by atoms with E-state index in [9.17, 15) is 9.90 Å². The van der Waals surface area contributed by atoms with Crippen molar-refractivity contribution in [2.24, 2.45) is 0 Å². The number of aliphatic hydroxyl groups is 1. The lowest BCUT2D eigenvalue weighted by molar-refractivity contribution is -0.129. The van der Waals surface area contributed by atoms with Crippen LogP contribution in [0.3, 0.4) is 0 Å². The Balaban J connectivity index is 1.74. The van der Waals surface area contributed by atoms with Crippen molar-refractivity contribution in [2.45, 2.75) is 12.5 Å². The van der Waals surface area contributed by atoms with Gasteiger partial charge in [-0.3, -0.25) is 9.69 Å². The Morgan fingerprint density at radius 1 is 1.27 bits per heavy atom. The second-order valence-corrected chi connectivity index (χ2v) is 6.08. The van der Waals surface area contributed by atoms with Crippen molar-refractivity contribution in [3.63, 3.8) is 0 Å². The molecule has 1 aliphatic heterocycles. The fourth-order valence-corrected chi connectivity index (χ4v) is 2.86. The third-order valence-electron chi connectivity index (χ3n) is 3.50. The summed E-state index contributed by atoms with van der Waals surface area (Å²) >= 11 is 11.7. The maximum absolute atomic E-state index is 11.9. The Kier molecular flexibility index (Phi) is 6.92. The quantitative estimate of drug-likeness (QED) is 0.772. The fraction of sp³-hybridized carbons (Fsp3) is 0.533. The molecular formula is C15H20Cl2N2O3. The zero-order valence-corrected chi connectivity index (χ0v) is 13.7. The van der Waals surface area contributed by atoms with Gasteiger partial charge in [0.2, 0.25) is 0 Å². The molecule has 1 unspecified atom stereocenters. The van der Waals surface area contributed by atoms with Crippen LogP contribution in [0, 0.1) is 0 Å². The van der Waals surface area contributed by atoms with Crippen LogP contribution in [-0.4, -0.2) is 55.3 Å². The molecule has 1 atom stereocenters. The largest absolute Gasteiger partial charge is 0.379 e. The van der Waals surface area contributed by atoms with Crippen LogP contribution in [-0.2, 0) is 9.53 Å². The van der Waals surface area contributed by atoms with Gasteiger partial charge in [-0.1, -0.05) is 23.2 Å². The smallest absolute Gasteiger partial charge is 0.253 e. The zero-order chi connectivity index (χ0) is 15.9. The van der Waals surface area contributed by atoms with Gasteiger partial charge in [0.25, 0.3) is 5.91 Å². The summed E-state index contributed by atoms with van der Waals surface area (Å²) in [6.45, 7) is 4.81. The van der Waals surface area contributed by atoms with Crippen LogP contribution in [0.4, 0.5) is 0 Å². The van der Waals surface area contributed by atoms with Crippen molar-refractivity contribution >= 4 is 29.1 Å². The topological polar surface area (TPSA) is 61.8 Å². The normalized spacial score (nSPS) is 17.2. The molecule has 1 aliphatic rings. The molecule has 0 spiro atoms. The molecule has 0 radical (unpaired) electrons. The fourth-order valence-electron chi connectivity index (χ4n) is 2.32. The summed E-state index contributed by atoms with van der Waals surface area (Å²) in [7, 11) is 0. The summed E-state index contributed by atoms with van der Waals surface area (Å²) in [6.07, 6.45) is -0.436. The van der Waals surface area contributed by atoms with E-state index >= 15 is 0 Å². The number of hydrogen-bond acceptors (Lipinski definition) is 4. The molecule has 0 aromatic heterocycles. The molecule has 1 amide bonds. The summed E-state index contributed by atoms with van der Waals surface area (Å²) in [5.41, 5.74) is 0.392. The van der Waals surface area contributed by atoms with E-state index in [0.29, 0.717) is 22.2 Å². The van der Waals surface area contributed by atoms with Crippen LogP contribution >= 0.6 is 23.2 Å². The molecule has 0 bridgehead atoms. The average molecular weight is 347 g/mol. The van der Waals surface area contributed by atoms with Crippen LogP contribution in [0.1, 0.15) is 18.1 Å². The molecule has 0 aliphatic carbocycles. The van der Waals surface area contributed by atoms with Gasteiger partial charge in [-0.05, 0) is 36.7 Å². The van der Waals surface area contributed by atoms with Crippen molar-refractivity contribution < 1.29 is 14.6 Å². The van der Waals surface area contributed by atoms with Crippen LogP contribution < -0.4 is 5.32 Å². The number of amides is 1. The molecule has 1 aromatic carbocycles. The molecule has 5 nitrogen and oxygen atoms in total. The maximum Gasteiger partial charge on any atom is 0.253 e. The summed E-state index contributed by atoms with van der Waals surface area (Å²) in [5, 5.41) is 13.5. The van der Waals surface area contributed by atoms with E-state index in [-0.39, 0.29) is 0 Å². The minimum absolute atomic E-state index is 0.390. The molecule has 1 fully saturated rings. The van der Waals surface area contributed by atoms with Crippen molar-refractivity contribution in [1.29, 1.82) is 0 Å². The van der Waals surface area contributed by atoms with E-state index in [4.69, 9.17) is 27.9 Å². The van der Waals surface area contributed by atoms with Crippen molar-refractivity contribution in [3.05, 3.63) is 33.8 Å². The van der Waals surface area contributed by atoms with Gasteiger partial charge in [0.1, 0.15) is 0 Å². The van der Waals surface area contributed by atoms with Gasteiger partial charge in [0, 0.05) is 29.7 Å². The molecule has 2 rings (SSSR count). The van der Waals surface area contributed by atoms with Gasteiger partial charge in [-0.15, -0.1) is 0 Å². The Hall–Kier alpha value is -0.850. The lowest BCUT2D eigenvalue weighted by Crippen LogP contribution is -2.38. The number of benzene rings is 1. The number of hydrogen-bond donors (Lipinski definition) is 2. The molecule has 22 heavy (non-hydrogen) atoms. The minimum atomic E-state index is -1.26. The number of rotatable bonds is 6. The molecule has 7 heteroatoms. The summed E-state index contributed by atoms with van der Waals surface area (Å²) < 4.78 is 5.28. The zero-order valence-electron chi connectivity index (χ0n) is 12.2. The van der Waals surface area contributed by atoms with Crippen LogP contribution in [0.15, 0.2) is 18.2 Å². The molecule has 1 aromatic rings. The highest BCUT2D eigenvalue weighted by Crippen LogP contribution is 2.23. The monoisotopic (exact) mass is 346 g/mol. The van der Waals surface area contributed by atoms with Crippen molar-refractivity contribution in [2.75, 3.05) is 39.4 Å². The van der Waals surface area contributed by atoms with Crippen LogP contribution in [0.5, 0.6) is 0 Å². The predicted molar refractivity (Wildman–Crippen MR) is 86.3 cm³/mol. The van der Waals surface area contributed by atoms with Crippen LogP contribution in [0.2, 0.25) is 10.0 Å². The Bertz CT molecular complexity index is 487. The molecule has 1 saturated heterocycles. The van der Waals surface area contributed by atoms with E-state index in [0.717, 1.165) is 39.3 Å². The Morgan fingerprint density at radius 2 is 1.91 bits per heavy atom. The average Bonchev–Trinajstić information content (AvgIpc) is 2.50. The Morgan fingerprint density at radius 3 is 2.55 bits per heavy atom. The first-order valence-electron chi connectivity index (χ1n) is 7.28. The van der Waals surface area contributed by atoms with E-state index < -0.39 is 12.0 Å². The van der Waals surface area contributed by atoms with Gasteiger partial charge >= 0.3 is 0 Å². The van der Waals surface area contributed by atoms with Gasteiger partial charge in [0.05, 0.1) is 13.2 Å². The number of nitrogens with one attached hydrogen (secondary N) is 1. The van der Waals surface area contributed by atoms with E-state index in [2.05, 4.69) is 10.2 Å². The molecule has 122 valence electrons. The standard InChI is InChI=1S/C15H20Cl2N2O3/c16-12-8-11(9-13(17)10-12)14(20)15(21)18-2-1-3-19-4-6-22-7-5-19/h8-10,14,20H,1-7H2,(H,18,21). The number of ether oxygens (including phenoxy) is 1. The third kappa shape index (κ3) is 5.41. The van der Waals surface area contributed by atoms with Gasteiger partial charge in [-0.2, -0.15) is 0 Å². The second kappa shape index (κ2) is 8.70. The second-order valence-electron chi connectivity index (χ2n) is 5.20. The highest BCUT2D eigenvalue weighted by Gasteiger charge is 2.18. The van der Waals surface area contributed by atoms with Gasteiger partial charge in [0.15, 0.2) is 6.10 Å². The van der Waals surface area contributed by atoms with Gasteiger partial charge in [-0.25, -0.2) is 0 Å². The van der Waals surface area contributed by atoms with E-state index in [1.165, 1.54) is 12.1 Å². The summed E-state index contributed by atoms with van der Waals surface area (Å²) in [6, 6.07) is 4.62.